The second kappa shape index (κ2) is 10.5. The Hall–Kier alpha value is -3.59. The second-order valence-electron chi connectivity index (χ2n) is 10.4. The molecule has 1 saturated carbocycles. The molecule has 1 saturated heterocycles. The van der Waals surface area contributed by atoms with Crippen molar-refractivity contribution in [1.29, 1.82) is 0 Å². The highest BCUT2D eigenvalue weighted by molar-refractivity contribution is 7.92. The number of hydrogen-bond acceptors (Lipinski definition) is 4. The Bertz CT molecular complexity index is 1490. The zero-order chi connectivity index (χ0) is 27.8. The summed E-state index contributed by atoms with van der Waals surface area (Å²) in [7, 11) is -4.19. The number of halogens is 2. The number of likely N-dealkylation sites (tertiary alicyclic amines) is 1. The summed E-state index contributed by atoms with van der Waals surface area (Å²) in [6, 6.07) is 17.8. The van der Waals surface area contributed by atoms with Crippen LogP contribution in [0, 0.1) is 23.5 Å². The maximum atomic E-state index is 15.5. The summed E-state index contributed by atoms with van der Waals surface area (Å²) < 4.78 is 55.8. The standard InChI is InChI=1S/C30H29F2NO5S/c31-24-11-13-25(14-12-24)39(37,38)30(23-10-15-26(27(32)18-23)20-4-2-1-3-5-20)16-17-33(19-30)28(34)21-6-8-22(9-7-21)29(35)36/h1-5,10-15,18,21-22H,6-9,16-17,19H2,(H,35,36)/t21?,22?,30-/m0/s1. The van der Waals surface area contributed by atoms with Crippen molar-refractivity contribution in [2.45, 2.75) is 41.7 Å². The van der Waals surface area contributed by atoms with Gasteiger partial charge in [0.1, 0.15) is 16.4 Å². The van der Waals surface area contributed by atoms with Crippen molar-refractivity contribution < 1.29 is 31.9 Å². The highest BCUT2D eigenvalue weighted by Gasteiger charge is 2.53. The summed E-state index contributed by atoms with van der Waals surface area (Å²) in [4.78, 5) is 26.2. The van der Waals surface area contributed by atoms with Crippen LogP contribution in [0.4, 0.5) is 8.78 Å². The minimum absolute atomic E-state index is 0.0487. The lowest BCUT2D eigenvalue weighted by Crippen LogP contribution is -2.42. The number of hydrogen-bond donors (Lipinski definition) is 1. The number of sulfone groups is 1. The van der Waals surface area contributed by atoms with Crippen molar-refractivity contribution >= 4 is 21.7 Å². The van der Waals surface area contributed by atoms with Gasteiger partial charge in [0.15, 0.2) is 9.84 Å². The molecule has 3 aromatic rings. The molecule has 1 N–H and O–H groups in total. The van der Waals surface area contributed by atoms with Crippen molar-refractivity contribution in [3.05, 3.63) is 90.0 Å². The number of carbonyl (C=O) groups excluding carboxylic acids is 1. The van der Waals surface area contributed by atoms with Gasteiger partial charge in [-0.15, -0.1) is 0 Å². The molecule has 9 heteroatoms. The monoisotopic (exact) mass is 553 g/mol. The van der Waals surface area contributed by atoms with Gasteiger partial charge in [0, 0.05) is 24.6 Å². The van der Waals surface area contributed by atoms with Crippen molar-refractivity contribution in [2.75, 3.05) is 13.1 Å². The van der Waals surface area contributed by atoms with Crippen LogP contribution in [0.2, 0.25) is 0 Å². The van der Waals surface area contributed by atoms with E-state index < -0.39 is 38.1 Å². The molecule has 2 fully saturated rings. The van der Waals surface area contributed by atoms with E-state index in [1.54, 1.807) is 36.4 Å². The third-order valence-electron chi connectivity index (χ3n) is 8.19. The molecule has 0 bridgehead atoms. The molecule has 5 rings (SSSR count). The average molecular weight is 554 g/mol. The van der Waals surface area contributed by atoms with Crippen LogP contribution >= 0.6 is 0 Å². The first kappa shape index (κ1) is 27.0. The quantitative estimate of drug-likeness (QED) is 0.412. The zero-order valence-electron chi connectivity index (χ0n) is 21.2. The highest BCUT2D eigenvalue weighted by atomic mass is 32.2. The lowest BCUT2D eigenvalue weighted by Gasteiger charge is -2.32. The third-order valence-corrected chi connectivity index (χ3v) is 10.7. The summed E-state index contributed by atoms with van der Waals surface area (Å²) >= 11 is 0. The third kappa shape index (κ3) is 4.95. The number of carbonyl (C=O) groups is 2. The first-order valence-electron chi connectivity index (χ1n) is 13.0. The summed E-state index contributed by atoms with van der Waals surface area (Å²) in [5.74, 6) is -3.10. The number of aliphatic carboxylic acids is 1. The van der Waals surface area contributed by atoms with Crippen LogP contribution < -0.4 is 0 Å². The lowest BCUT2D eigenvalue weighted by molar-refractivity contribution is -0.145. The summed E-state index contributed by atoms with van der Waals surface area (Å²) in [5, 5.41) is 9.28. The maximum Gasteiger partial charge on any atom is 0.306 e. The van der Waals surface area contributed by atoms with Gasteiger partial charge >= 0.3 is 5.97 Å². The molecule has 1 atom stereocenters. The molecular weight excluding hydrogens is 524 g/mol. The van der Waals surface area contributed by atoms with Gasteiger partial charge in [0.2, 0.25) is 5.91 Å². The number of nitrogens with zero attached hydrogens (tertiary/aromatic N) is 1. The molecular formula is C30H29F2NO5S. The maximum absolute atomic E-state index is 15.5. The van der Waals surface area contributed by atoms with Crippen LogP contribution in [0.25, 0.3) is 11.1 Å². The Balaban J connectivity index is 1.51. The van der Waals surface area contributed by atoms with Gasteiger partial charge in [-0.3, -0.25) is 9.59 Å². The smallest absolute Gasteiger partial charge is 0.306 e. The minimum Gasteiger partial charge on any atom is -0.481 e. The average Bonchev–Trinajstić information content (AvgIpc) is 3.41. The van der Waals surface area contributed by atoms with Gasteiger partial charge in [-0.2, -0.15) is 0 Å². The van der Waals surface area contributed by atoms with Crippen LogP contribution in [-0.2, 0) is 24.2 Å². The van der Waals surface area contributed by atoms with Gasteiger partial charge in [-0.25, -0.2) is 17.2 Å². The Morgan fingerprint density at radius 3 is 2.13 bits per heavy atom. The molecule has 0 unspecified atom stereocenters. The van der Waals surface area contributed by atoms with E-state index in [0.29, 0.717) is 36.8 Å². The van der Waals surface area contributed by atoms with E-state index >= 15 is 4.39 Å². The molecule has 0 radical (unpaired) electrons. The van der Waals surface area contributed by atoms with Gasteiger partial charge in [0.25, 0.3) is 0 Å². The molecule has 39 heavy (non-hydrogen) atoms. The lowest BCUT2D eigenvalue weighted by atomic mass is 9.81. The van der Waals surface area contributed by atoms with Crippen LogP contribution in [0.5, 0.6) is 0 Å². The van der Waals surface area contributed by atoms with Crippen LogP contribution in [0.1, 0.15) is 37.7 Å². The van der Waals surface area contributed by atoms with E-state index in [4.69, 9.17) is 0 Å². The van der Waals surface area contributed by atoms with Gasteiger partial charge in [-0.05, 0) is 73.6 Å². The number of carboxylic acids is 1. The fourth-order valence-corrected chi connectivity index (χ4v) is 7.98. The minimum atomic E-state index is -4.19. The normalized spacial score (nSPS) is 23.5. The molecule has 1 aliphatic carbocycles. The van der Waals surface area contributed by atoms with E-state index in [1.165, 1.54) is 23.1 Å². The van der Waals surface area contributed by atoms with Crippen molar-refractivity contribution in [3.63, 3.8) is 0 Å². The van der Waals surface area contributed by atoms with Crippen LogP contribution in [-0.4, -0.2) is 43.4 Å². The first-order chi connectivity index (χ1) is 18.6. The van der Waals surface area contributed by atoms with Crippen molar-refractivity contribution in [3.8, 4) is 11.1 Å². The molecule has 2 aliphatic rings. The zero-order valence-corrected chi connectivity index (χ0v) is 22.0. The van der Waals surface area contributed by atoms with Crippen LogP contribution in [0.3, 0.4) is 0 Å². The van der Waals surface area contributed by atoms with Crippen molar-refractivity contribution in [2.24, 2.45) is 11.8 Å². The Kier molecular flexibility index (Phi) is 7.29. The van der Waals surface area contributed by atoms with Gasteiger partial charge in [0.05, 0.1) is 10.8 Å². The number of rotatable bonds is 6. The molecule has 1 aliphatic heterocycles. The largest absolute Gasteiger partial charge is 0.481 e. The summed E-state index contributed by atoms with van der Waals surface area (Å²) in [6.07, 6.45) is 1.68. The highest BCUT2D eigenvalue weighted by Crippen LogP contribution is 2.45. The summed E-state index contributed by atoms with van der Waals surface area (Å²) in [5.41, 5.74) is 1.21. The van der Waals surface area contributed by atoms with Gasteiger partial charge < -0.3 is 10.0 Å². The van der Waals surface area contributed by atoms with Crippen molar-refractivity contribution in [1.82, 2.24) is 4.90 Å². The second-order valence-corrected chi connectivity index (χ2v) is 12.7. The Labute approximate surface area is 226 Å². The number of amides is 1. The molecule has 0 aromatic heterocycles. The van der Waals surface area contributed by atoms with Crippen LogP contribution in [0.15, 0.2) is 77.7 Å². The summed E-state index contributed by atoms with van der Waals surface area (Å²) in [6.45, 7) is -0.0191. The fraction of sp³-hybridized carbons (Fsp3) is 0.333. The predicted molar refractivity (Wildman–Crippen MR) is 141 cm³/mol. The fourth-order valence-electron chi connectivity index (χ4n) is 5.92. The van der Waals surface area contributed by atoms with E-state index in [9.17, 15) is 27.5 Å². The SMILES string of the molecule is O=C(O)C1CCC(C(=O)N2CC[C@](c3ccc(-c4ccccc4)c(F)c3)(S(=O)(=O)c3ccc(F)cc3)C2)CC1. The van der Waals surface area contributed by atoms with E-state index in [1.807, 2.05) is 6.07 Å². The molecule has 1 amide bonds. The number of benzene rings is 3. The Morgan fingerprint density at radius 1 is 0.872 bits per heavy atom. The molecule has 3 aromatic carbocycles. The Morgan fingerprint density at radius 2 is 1.51 bits per heavy atom. The van der Waals surface area contributed by atoms with E-state index in [0.717, 1.165) is 12.1 Å². The molecule has 204 valence electrons. The molecule has 6 nitrogen and oxygen atoms in total. The van der Waals surface area contributed by atoms with E-state index in [-0.39, 0.29) is 41.8 Å². The topological polar surface area (TPSA) is 91.8 Å². The number of carboxylic acid groups (broad SMARTS) is 1. The van der Waals surface area contributed by atoms with E-state index in [2.05, 4.69) is 0 Å². The van der Waals surface area contributed by atoms with Gasteiger partial charge in [-0.1, -0.05) is 42.5 Å². The molecule has 1 heterocycles. The first-order valence-corrected chi connectivity index (χ1v) is 14.5. The predicted octanol–water partition coefficient (Wildman–Crippen LogP) is 5.42. The molecule has 0 spiro atoms.